The fraction of sp³-hybridized carbons (Fsp3) is 0. The zero-order chi connectivity index (χ0) is 7.82. The molecule has 1 aromatic heterocycles. The Bertz CT molecular complexity index is 214. The van der Waals surface area contributed by atoms with Crippen LogP contribution in [0.1, 0.15) is 0 Å². The van der Waals surface area contributed by atoms with Gasteiger partial charge < -0.3 is 9.52 Å². The quantitative estimate of drug-likeness (QED) is 0.506. The van der Waals surface area contributed by atoms with Gasteiger partial charge in [0.25, 0.3) is 6.47 Å². The van der Waals surface area contributed by atoms with E-state index in [1.54, 1.807) is 0 Å². The lowest BCUT2D eigenvalue weighted by Crippen LogP contribution is -1.93. The summed E-state index contributed by atoms with van der Waals surface area (Å²) in [4.78, 5) is 21.9. The SMILES string of the molecule is O=CO.O=c1cncco1. The van der Waals surface area contributed by atoms with Crippen LogP contribution in [-0.4, -0.2) is 16.6 Å². The van der Waals surface area contributed by atoms with Gasteiger partial charge in [0.1, 0.15) is 12.5 Å². The van der Waals surface area contributed by atoms with Crippen LogP contribution in [0.15, 0.2) is 27.9 Å². The van der Waals surface area contributed by atoms with Gasteiger partial charge in [-0.25, -0.2) is 4.79 Å². The average Bonchev–Trinajstić information content (AvgIpc) is 1.91. The first-order chi connectivity index (χ1) is 4.81. The molecule has 0 radical (unpaired) electrons. The van der Waals surface area contributed by atoms with E-state index in [2.05, 4.69) is 9.40 Å². The van der Waals surface area contributed by atoms with Gasteiger partial charge in [0.05, 0.1) is 6.20 Å². The summed E-state index contributed by atoms with van der Waals surface area (Å²) < 4.78 is 4.31. The number of carboxylic acid groups (broad SMARTS) is 1. The molecule has 0 aliphatic rings. The van der Waals surface area contributed by atoms with Gasteiger partial charge in [-0.05, 0) is 0 Å². The molecule has 5 nitrogen and oxygen atoms in total. The van der Waals surface area contributed by atoms with Gasteiger partial charge >= 0.3 is 5.63 Å². The van der Waals surface area contributed by atoms with Crippen LogP contribution in [0.3, 0.4) is 0 Å². The summed E-state index contributed by atoms with van der Waals surface area (Å²) in [5.74, 6) is 0. The van der Waals surface area contributed by atoms with Gasteiger partial charge in [-0.3, -0.25) is 9.78 Å². The Labute approximate surface area is 55.9 Å². The second-order valence-electron chi connectivity index (χ2n) is 1.11. The van der Waals surface area contributed by atoms with Crippen LogP contribution in [0, 0.1) is 0 Å². The molecular weight excluding hydrogens is 138 g/mol. The molecule has 0 atom stereocenters. The molecule has 54 valence electrons. The highest BCUT2D eigenvalue weighted by Gasteiger charge is 1.73. The summed E-state index contributed by atoms with van der Waals surface area (Å²) in [6.45, 7) is -0.250. The number of hydrogen-bond donors (Lipinski definition) is 1. The van der Waals surface area contributed by atoms with Crippen molar-refractivity contribution in [1.82, 2.24) is 4.98 Å². The summed E-state index contributed by atoms with van der Waals surface area (Å²) >= 11 is 0. The van der Waals surface area contributed by atoms with Crippen molar-refractivity contribution >= 4 is 6.47 Å². The summed E-state index contributed by atoms with van der Waals surface area (Å²) in [7, 11) is 0. The average molecular weight is 143 g/mol. The van der Waals surface area contributed by atoms with Crippen molar-refractivity contribution in [2.24, 2.45) is 0 Å². The van der Waals surface area contributed by atoms with E-state index in [4.69, 9.17) is 9.90 Å². The van der Waals surface area contributed by atoms with Crippen LogP contribution in [0.4, 0.5) is 0 Å². The van der Waals surface area contributed by atoms with Gasteiger partial charge in [-0.2, -0.15) is 0 Å². The Morgan fingerprint density at radius 2 is 2.30 bits per heavy atom. The highest BCUT2D eigenvalue weighted by molar-refractivity contribution is 5.32. The highest BCUT2D eigenvalue weighted by Crippen LogP contribution is 1.64. The zero-order valence-corrected chi connectivity index (χ0v) is 4.93. The Morgan fingerprint density at radius 1 is 1.70 bits per heavy atom. The third-order valence-electron chi connectivity index (χ3n) is 0.511. The van der Waals surface area contributed by atoms with Crippen LogP contribution >= 0.6 is 0 Å². The minimum absolute atomic E-state index is 0.250. The molecule has 0 amide bonds. The number of nitrogens with zero attached hydrogens (tertiary/aromatic N) is 1. The molecule has 1 heterocycles. The van der Waals surface area contributed by atoms with E-state index in [-0.39, 0.29) is 6.47 Å². The molecule has 5 heteroatoms. The second-order valence-corrected chi connectivity index (χ2v) is 1.11. The first-order valence-corrected chi connectivity index (χ1v) is 2.28. The van der Waals surface area contributed by atoms with Gasteiger partial charge in [-0.1, -0.05) is 0 Å². The van der Waals surface area contributed by atoms with Crippen molar-refractivity contribution in [3.8, 4) is 0 Å². The monoisotopic (exact) mass is 143 g/mol. The molecule has 0 saturated carbocycles. The number of aromatic nitrogens is 1. The molecule has 0 bridgehead atoms. The molecule has 0 saturated heterocycles. The molecule has 1 aromatic rings. The Hall–Kier alpha value is -1.65. The van der Waals surface area contributed by atoms with Gasteiger partial charge in [-0.15, -0.1) is 0 Å². The lowest BCUT2D eigenvalue weighted by molar-refractivity contribution is -0.122. The predicted molar refractivity (Wildman–Crippen MR) is 31.5 cm³/mol. The van der Waals surface area contributed by atoms with Crippen LogP contribution < -0.4 is 5.63 Å². The number of rotatable bonds is 0. The number of carbonyl (C=O) groups is 1. The maximum atomic E-state index is 10.0. The molecule has 0 spiro atoms. The fourth-order valence-electron chi connectivity index (χ4n) is 0.267. The molecule has 0 aliphatic carbocycles. The maximum Gasteiger partial charge on any atom is 0.354 e. The smallest absolute Gasteiger partial charge is 0.354 e. The van der Waals surface area contributed by atoms with E-state index in [1.165, 1.54) is 12.5 Å². The molecular formula is C5H5NO4. The minimum atomic E-state index is -0.414. The Morgan fingerprint density at radius 3 is 2.50 bits per heavy atom. The van der Waals surface area contributed by atoms with Gasteiger partial charge in [0.2, 0.25) is 0 Å². The lowest BCUT2D eigenvalue weighted by atomic mass is 10.8. The van der Waals surface area contributed by atoms with Crippen LogP contribution in [-0.2, 0) is 4.79 Å². The second kappa shape index (κ2) is 5.49. The molecule has 0 fully saturated rings. The van der Waals surface area contributed by atoms with Crippen LogP contribution in [0.2, 0.25) is 0 Å². The van der Waals surface area contributed by atoms with Crippen LogP contribution in [0.25, 0.3) is 0 Å². The van der Waals surface area contributed by atoms with E-state index in [9.17, 15) is 4.79 Å². The van der Waals surface area contributed by atoms with E-state index < -0.39 is 5.63 Å². The summed E-state index contributed by atoms with van der Waals surface area (Å²) in [6.07, 6.45) is 3.75. The minimum Gasteiger partial charge on any atom is -0.483 e. The predicted octanol–water partition coefficient (Wildman–Crippen LogP) is -0.264. The third-order valence-corrected chi connectivity index (χ3v) is 0.511. The summed E-state index contributed by atoms with van der Waals surface area (Å²) in [5.41, 5.74) is -0.414. The first kappa shape index (κ1) is 8.35. The number of hydrogen-bond acceptors (Lipinski definition) is 4. The first-order valence-electron chi connectivity index (χ1n) is 2.28. The van der Waals surface area contributed by atoms with E-state index in [0.29, 0.717) is 0 Å². The molecule has 1 N–H and O–H groups in total. The normalized spacial score (nSPS) is 7.20. The zero-order valence-electron chi connectivity index (χ0n) is 4.93. The van der Waals surface area contributed by atoms with Crippen molar-refractivity contribution in [2.75, 3.05) is 0 Å². The van der Waals surface area contributed by atoms with E-state index in [0.717, 1.165) is 6.20 Å². The fourth-order valence-corrected chi connectivity index (χ4v) is 0.267. The topological polar surface area (TPSA) is 80.4 Å². The molecule has 0 aromatic carbocycles. The molecule has 0 aliphatic heterocycles. The third kappa shape index (κ3) is 4.51. The van der Waals surface area contributed by atoms with Gasteiger partial charge in [0, 0.05) is 0 Å². The summed E-state index contributed by atoms with van der Waals surface area (Å²) in [5, 5.41) is 6.89. The van der Waals surface area contributed by atoms with Crippen molar-refractivity contribution < 1.29 is 14.3 Å². The highest BCUT2D eigenvalue weighted by atomic mass is 16.4. The maximum absolute atomic E-state index is 10.0. The Kier molecular flexibility index (Phi) is 4.58. The van der Waals surface area contributed by atoms with Crippen LogP contribution in [0.5, 0.6) is 0 Å². The lowest BCUT2D eigenvalue weighted by Gasteiger charge is -1.72. The molecule has 1 rings (SSSR count). The standard InChI is InChI=1S/C4H3NO2.CH2O2/c6-4-3-5-1-2-7-4;2-1-3/h1-3H;1H,(H,2,3). The van der Waals surface area contributed by atoms with Crippen molar-refractivity contribution in [1.29, 1.82) is 0 Å². The summed E-state index contributed by atoms with van der Waals surface area (Å²) in [6, 6.07) is 0. The van der Waals surface area contributed by atoms with Crippen molar-refractivity contribution in [2.45, 2.75) is 0 Å². The molecule has 0 unspecified atom stereocenters. The van der Waals surface area contributed by atoms with Crippen molar-refractivity contribution in [3.05, 3.63) is 29.1 Å². The van der Waals surface area contributed by atoms with E-state index >= 15 is 0 Å². The molecule has 10 heavy (non-hydrogen) atoms. The van der Waals surface area contributed by atoms with Crippen molar-refractivity contribution in [3.63, 3.8) is 0 Å². The van der Waals surface area contributed by atoms with E-state index in [1.807, 2.05) is 0 Å². The largest absolute Gasteiger partial charge is 0.483 e. The Balaban J connectivity index is 0.000000236. The van der Waals surface area contributed by atoms with Gasteiger partial charge in [0.15, 0.2) is 0 Å².